The number of nitrogens with zero attached hydrogens (tertiary/aromatic N) is 3. The maximum absolute atomic E-state index is 4.64. The summed E-state index contributed by atoms with van der Waals surface area (Å²) in [6, 6.07) is 10.0. The van der Waals surface area contributed by atoms with E-state index in [0.717, 1.165) is 26.6 Å². The van der Waals surface area contributed by atoms with Gasteiger partial charge in [0.05, 0.1) is 10.2 Å². The van der Waals surface area contributed by atoms with Crippen LogP contribution in [-0.2, 0) is 0 Å². The molecule has 0 atom stereocenters. The molecule has 0 aliphatic rings. The fourth-order valence-electron chi connectivity index (χ4n) is 1.83. The van der Waals surface area contributed by atoms with Crippen LogP contribution in [0.4, 0.5) is 5.82 Å². The van der Waals surface area contributed by atoms with E-state index in [1.54, 1.807) is 6.20 Å². The summed E-state index contributed by atoms with van der Waals surface area (Å²) in [7, 11) is 1.84. The molecule has 100 valence electrons. The molecule has 4 nitrogen and oxygen atoms in total. The predicted molar refractivity (Wildman–Crippen MR) is 85.8 cm³/mol. The van der Waals surface area contributed by atoms with Gasteiger partial charge in [-0.25, -0.2) is 15.0 Å². The lowest BCUT2D eigenvalue weighted by atomic mass is 10.1. The summed E-state index contributed by atoms with van der Waals surface area (Å²) in [6.45, 7) is 0. The third-order valence-electron chi connectivity index (χ3n) is 2.76. The van der Waals surface area contributed by atoms with E-state index in [0.29, 0.717) is 5.82 Å². The van der Waals surface area contributed by atoms with Crippen LogP contribution in [-0.4, -0.2) is 22.0 Å². The second-order valence-corrected chi connectivity index (χ2v) is 5.70. The summed E-state index contributed by atoms with van der Waals surface area (Å²) in [4.78, 5) is 13.4. The Kier molecular flexibility index (Phi) is 3.75. The summed E-state index contributed by atoms with van der Waals surface area (Å²) in [5.41, 5.74) is 1.89. The quantitative estimate of drug-likeness (QED) is 0.776. The Morgan fingerprint density at radius 3 is 2.60 bits per heavy atom. The second kappa shape index (κ2) is 5.68. The topological polar surface area (TPSA) is 50.7 Å². The van der Waals surface area contributed by atoms with Crippen molar-refractivity contribution in [1.29, 1.82) is 0 Å². The van der Waals surface area contributed by atoms with Crippen LogP contribution in [0.1, 0.15) is 0 Å². The number of halogens is 1. The monoisotopic (exact) mass is 346 g/mol. The molecule has 0 saturated carbocycles. The minimum Gasteiger partial charge on any atom is -0.372 e. The van der Waals surface area contributed by atoms with E-state index in [1.807, 2.05) is 42.8 Å². The largest absolute Gasteiger partial charge is 0.372 e. The highest BCUT2D eigenvalue weighted by atomic mass is 79.9. The number of benzene rings is 1. The lowest BCUT2D eigenvalue weighted by Crippen LogP contribution is -2.00. The molecule has 0 bridgehead atoms. The van der Waals surface area contributed by atoms with E-state index in [2.05, 4.69) is 36.2 Å². The molecule has 3 rings (SSSR count). The first-order chi connectivity index (χ1) is 9.79. The summed E-state index contributed by atoms with van der Waals surface area (Å²) in [5, 5.41) is 5.82. The van der Waals surface area contributed by atoms with Crippen molar-refractivity contribution >= 4 is 33.1 Å². The Hall–Kier alpha value is -1.79. The van der Waals surface area contributed by atoms with E-state index in [1.165, 1.54) is 11.3 Å². The summed E-state index contributed by atoms with van der Waals surface area (Å²) in [5.74, 6) is 1.38. The van der Waals surface area contributed by atoms with Gasteiger partial charge in [-0.1, -0.05) is 30.3 Å². The minimum atomic E-state index is 0.631. The summed E-state index contributed by atoms with van der Waals surface area (Å²) < 4.78 is 0.853. The van der Waals surface area contributed by atoms with Crippen molar-refractivity contribution in [1.82, 2.24) is 15.0 Å². The maximum Gasteiger partial charge on any atom is 0.191 e. The first kappa shape index (κ1) is 13.2. The normalized spacial score (nSPS) is 10.5. The highest BCUT2D eigenvalue weighted by molar-refractivity contribution is 9.10. The molecule has 20 heavy (non-hydrogen) atoms. The number of hydrogen-bond acceptors (Lipinski definition) is 5. The van der Waals surface area contributed by atoms with Gasteiger partial charge in [0.15, 0.2) is 10.8 Å². The van der Waals surface area contributed by atoms with E-state index in [9.17, 15) is 0 Å². The number of rotatable bonds is 3. The molecule has 1 N–H and O–H groups in total. The van der Waals surface area contributed by atoms with Crippen LogP contribution in [0.15, 0.2) is 46.4 Å². The number of nitrogens with one attached hydrogen (secondary N) is 1. The molecule has 3 aromatic rings. The van der Waals surface area contributed by atoms with Crippen molar-refractivity contribution in [2.45, 2.75) is 0 Å². The number of aromatic nitrogens is 3. The summed E-state index contributed by atoms with van der Waals surface area (Å²) >= 11 is 5.10. The molecular weight excluding hydrogens is 336 g/mol. The van der Waals surface area contributed by atoms with Crippen molar-refractivity contribution in [2.24, 2.45) is 0 Å². The lowest BCUT2D eigenvalue weighted by molar-refractivity contribution is 1.14. The molecule has 2 heterocycles. The fraction of sp³-hybridized carbons (Fsp3) is 0.0714. The molecule has 0 spiro atoms. The van der Waals surface area contributed by atoms with Crippen molar-refractivity contribution in [3.8, 4) is 22.1 Å². The zero-order valence-corrected chi connectivity index (χ0v) is 13.1. The molecule has 0 saturated heterocycles. The number of anilines is 1. The van der Waals surface area contributed by atoms with Gasteiger partial charge in [0.25, 0.3) is 0 Å². The van der Waals surface area contributed by atoms with Gasteiger partial charge in [-0.15, -0.1) is 11.3 Å². The average Bonchev–Trinajstić information content (AvgIpc) is 3.03. The Morgan fingerprint density at radius 2 is 1.95 bits per heavy atom. The molecule has 0 unspecified atom stereocenters. The lowest BCUT2D eigenvalue weighted by Gasteiger charge is -2.10. The van der Waals surface area contributed by atoms with E-state index >= 15 is 0 Å². The second-order valence-electron chi connectivity index (χ2n) is 4.01. The maximum atomic E-state index is 4.64. The van der Waals surface area contributed by atoms with Crippen LogP contribution in [0.25, 0.3) is 22.1 Å². The van der Waals surface area contributed by atoms with Crippen LogP contribution in [0, 0.1) is 0 Å². The van der Waals surface area contributed by atoms with Gasteiger partial charge in [0, 0.05) is 24.2 Å². The fourth-order valence-corrected chi connectivity index (χ4v) is 3.00. The van der Waals surface area contributed by atoms with E-state index in [4.69, 9.17) is 0 Å². The SMILES string of the molecule is CNc1nc(-c2nccs2)nc(-c2ccccc2)c1Br. The predicted octanol–water partition coefficient (Wildman–Crippen LogP) is 4.07. The van der Waals surface area contributed by atoms with E-state index in [-0.39, 0.29) is 0 Å². The molecule has 6 heteroatoms. The Labute approximate surface area is 129 Å². The zero-order chi connectivity index (χ0) is 13.9. The van der Waals surface area contributed by atoms with E-state index < -0.39 is 0 Å². The Bertz CT molecular complexity index is 714. The van der Waals surface area contributed by atoms with Crippen molar-refractivity contribution in [2.75, 3.05) is 12.4 Å². The smallest absolute Gasteiger partial charge is 0.191 e. The van der Waals surface area contributed by atoms with Crippen LogP contribution in [0.2, 0.25) is 0 Å². The Balaban J connectivity index is 2.21. The third-order valence-corrected chi connectivity index (χ3v) is 4.28. The Morgan fingerprint density at radius 1 is 1.15 bits per heavy atom. The van der Waals surface area contributed by atoms with Crippen LogP contribution >= 0.6 is 27.3 Å². The van der Waals surface area contributed by atoms with Gasteiger partial charge in [-0.2, -0.15) is 0 Å². The van der Waals surface area contributed by atoms with Gasteiger partial charge < -0.3 is 5.32 Å². The van der Waals surface area contributed by atoms with Crippen molar-refractivity contribution in [3.63, 3.8) is 0 Å². The van der Waals surface area contributed by atoms with Gasteiger partial charge >= 0.3 is 0 Å². The van der Waals surface area contributed by atoms with Crippen LogP contribution < -0.4 is 5.32 Å². The standard InChI is InChI=1S/C14H11BrN4S/c1-16-12-10(15)11(9-5-3-2-4-6-9)18-13(19-12)14-17-7-8-20-14/h2-8H,1H3,(H,16,18,19). The summed E-state index contributed by atoms with van der Waals surface area (Å²) in [6.07, 6.45) is 1.76. The molecular formula is C14H11BrN4S. The molecule has 0 aliphatic carbocycles. The van der Waals surface area contributed by atoms with Gasteiger partial charge in [-0.3, -0.25) is 0 Å². The van der Waals surface area contributed by atoms with Crippen molar-refractivity contribution in [3.05, 3.63) is 46.4 Å². The van der Waals surface area contributed by atoms with Crippen molar-refractivity contribution < 1.29 is 0 Å². The van der Waals surface area contributed by atoms with Gasteiger partial charge in [0.1, 0.15) is 5.82 Å². The molecule has 0 fully saturated rings. The zero-order valence-electron chi connectivity index (χ0n) is 10.7. The average molecular weight is 347 g/mol. The highest BCUT2D eigenvalue weighted by Gasteiger charge is 2.15. The highest BCUT2D eigenvalue weighted by Crippen LogP contribution is 2.33. The van der Waals surface area contributed by atoms with Gasteiger partial charge in [0.2, 0.25) is 0 Å². The molecule has 0 amide bonds. The first-order valence-electron chi connectivity index (χ1n) is 6.00. The molecule has 1 aromatic carbocycles. The van der Waals surface area contributed by atoms with Crippen LogP contribution in [0.5, 0.6) is 0 Å². The number of hydrogen-bond donors (Lipinski definition) is 1. The number of thiazole rings is 1. The molecule has 0 aliphatic heterocycles. The van der Waals surface area contributed by atoms with Gasteiger partial charge in [-0.05, 0) is 15.9 Å². The first-order valence-corrected chi connectivity index (χ1v) is 7.67. The van der Waals surface area contributed by atoms with Crippen LogP contribution in [0.3, 0.4) is 0 Å². The third kappa shape index (κ3) is 2.44. The molecule has 0 radical (unpaired) electrons. The molecule has 2 aromatic heterocycles. The minimum absolute atomic E-state index is 0.631.